The molecule has 3 rings (SSSR count). The van der Waals surface area contributed by atoms with Gasteiger partial charge in [-0.05, 0) is 45.8 Å². The zero-order chi connectivity index (χ0) is 18.0. The number of hydrogen-bond acceptors (Lipinski definition) is 5. The van der Waals surface area contributed by atoms with Gasteiger partial charge in [0, 0.05) is 0 Å². The second-order valence-electron chi connectivity index (χ2n) is 5.37. The molecule has 2 aromatic carbocycles. The molecule has 0 saturated heterocycles. The van der Waals surface area contributed by atoms with Crippen LogP contribution >= 0.6 is 15.9 Å². The van der Waals surface area contributed by atoms with Crippen LogP contribution in [0, 0.1) is 0 Å². The molecule has 7 heteroatoms. The number of halogens is 1. The molecule has 0 aliphatic carbocycles. The Labute approximate surface area is 152 Å². The van der Waals surface area contributed by atoms with Crippen LogP contribution in [0.1, 0.15) is 15.9 Å². The average molecular weight is 404 g/mol. The number of ketones is 1. The van der Waals surface area contributed by atoms with Crippen LogP contribution in [0.2, 0.25) is 0 Å². The van der Waals surface area contributed by atoms with Crippen LogP contribution in [0.25, 0.3) is 0 Å². The van der Waals surface area contributed by atoms with Gasteiger partial charge in [0.1, 0.15) is 18.9 Å². The maximum Gasteiger partial charge on any atom is 0.326 e. The monoisotopic (exact) mass is 403 g/mol. The first kappa shape index (κ1) is 17.2. The Morgan fingerprint density at radius 1 is 1.16 bits per heavy atom. The van der Waals surface area contributed by atoms with Gasteiger partial charge in [-0.3, -0.25) is 19.3 Å². The van der Waals surface area contributed by atoms with E-state index >= 15 is 0 Å². The quantitative estimate of drug-likeness (QED) is 0.566. The van der Waals surface area contributed by atoms with Crippen LogP contribution in [0.5, 0.6) is 5.75 Å². The molecule has 0 radical (unpaired) electrons. The fraction of sp³-hybridized carbons (Fsp3) is 0.167. The number of methoxy groups -OCH3 is 1. The zero-order valence-corrected chi connectivity index (χ0v) is 14.9. The molecule has 0 spiro atoms. The van der Waals surface area contributed by atoms with Crippen molar-refractivity contribution in [1.29, 1.82) is 0 Å². The molecule has 0 N–H and O–H groups in total. The highest BCUT2D eigenvalue weighted by atomic mass is 79.9. The second-order valence-corrected chi connectivity index (χ2v) is 6.22. The molecule has 128 valence electrons. The Bertz CT molecular complexity index is 864. The van der Waals surface area contributed by atoms with Crippen LogP contribution in [-0.4, -0.2) is 31.3 Å². The van der Waals surface area contributed by atoms with Gasteiger partial charge in [0.25, 0.3) is 11.7 Å². The zero-order valence-electron chi connectivity index (χ0n) is 13.3. The number of hydrogen-bond donors (Lipinski definition) is 0. The largest absolute Gasteiger partial charge is 0.496 e. The lowest BCUT2D eigenvalue weighted by Gasteiger charge is -2.15. The van der Waals surface area contributed by atoms with E-state index < -0.39 is 17.7 Å². The number of anilines is 1. The van der Waals surface area contributed by atoms with Crippen LogP contribution in [0.4, 0.5) is 5.69 Å². The minimum Gasteiger partial charge on any atom is -0.496 e. The molecular weight excluding hydrogens is 390 g/mol. The molecule has 0 fully saturated rings. The van der Waals surface area contributed by atoms with Crippen molar-refractivity contribution >= 4 is 39.3 Å². The van der Waals surface area contributed by atoms with Gasteiger partial charge in [-0.1, -0.05) is 18.2 Å². The smallest absolute Gasteiger partial charge is 0.326 e. The highest BCUT2D eigenvalue weighted by molar-refractivity contribution is 9.10. The molecule has 1 amide bonds. The molecule has 0 bridgehead atoms. The summed E-state index contributed by atoms with van der Waals surface area (Å²) in [6, 6.07) is 11.9. The number of amides is 1. The predicted molar refractivity (Wildman–Crippen MR) is 93.6 cm³/mol. The van der Waals surface area contributed by atoms with E-state index in [0.29, 0.717) is 17.0 Å². The Kier molecular flexibility index (Phi) is 4.85. The van der Waals surface area contributed by atoms with Gasteiger partial charge in [0.15, 0.2) is 0 Å². The number of carbonyl (C=O) groups is 3. The van der Waals surface area contributed by atoms with Gasteiger partial charge >= 0.3 is 5.97 Å². The topological polar surface area (TPSA) is 72.9 Å². The van der Waals surface area contributed by atoms with E-state index in [4.69, 9.17) is 9.47 Å². The normalized spacial score (nSPS) is 13.0. The number of para-hydroxylation sites is 1. The number of carbonyl (C=O) groups excluding carboxylic acids is 3. The third-order valence-electron chi connectivity index (χ3n) is 3.78. The molecule has 25 heavy (non-hydrogen) atoms. The molecule has 0 atom stereocenters. The number of esters is 1. The van der Waals surface area contributed by atoms with E-state index in [2.05, 4.69) is 15.9 Å². The van der Waals surface area contributed by atoms with Gasteiger partial charge in [-0.25, -0.2) is 0 Å². The number of Topliss-reactive ketones (excluding diaryl/α,β-unsaturated/α-hetero) is 1. The van der Waals surface area contributed by atoms with E-state index in [1.807, 2.05) is 0 Å². The number of benzene rings is 2. The molecule has 1 aliphatic heterocycles. The van der Waals surface area contributed by atoms with E-state index in [1.54, 1.807) is 49.6 Å². The van der Waals surface area contributed by atoms with E-state index in [-0.39, 0.29) is 13.2 Å². The van der Waals surface area contributed by atoms with Crippen molar-refractivity contribution < 1.29 is 23.9 Å². The maximum atomic E-state index is 12.1. The SMILES string of the molecule is COc1ccc(COC(=O)CN2C(=O)C(=O)c3ccccc32)cc1Br. The van der Waals surface area contributed by atoms with E-state index in [1.165, 1.54) is 0 Å². The van der Waals surface area contributed by atoms with Gasteiger partial charge in [-0.2, -0.15) is 0 Å². The van der Waals surface area contributed by atoms with Gasteiger partial charge in [0.2, 0.25) is 0 Å². The summed E-state index contributed by atoms with van der Waals surface area (Å²) >= 11 is 3.36. The summed E-state index contributed by atoms with van der Waals surface area (Å²) in [5.41, 5.74) is 1.51. The minimum absolute atomic E-state index is 0.0546. The minimum atomic E-state index is -0.717. The summed E-state index contributed by atoms with van der Waals surface area (Å²) in [6.45, 7) is -0.252. The third-order valence-corrected chi connectivity index (χ3v) is 4.40. The highest BCUT2D eigenvalue weighted by Gasteiger charge is 2.36. The lowest BCUT2D eigenvalue weighted by molar-refractivity contribution is -0.143. The van der Waals surface area contributed by atoms with Gasteiger partial charge in [-0.15, -0.1) is 0 Å². The van der Waals surface area contributed by atoms with Crippen LogP contribution in [0.15, 0.2) is 46.9 Å². The molecule has 0 unspecified atom stereocenters. The summed E-state index contributed by atoms with van der Waals surface area (Å²) in [5.74, 6) is -1.24. The molecule has 0 aromatic heterocycles. The Morgan fingerprint density at radius 2 is 1.92 bits per heavy atom. The summed E-state index contributed by atoms with van der Waals surface area (Å²) < 4.78 is 11.1. The first-order valence-electron chi connectivity index (χ1n) is 7.44. The number of nitrogens with zero attached hydrogens (tertiary/aromatic N) is 1. The van der Waals surface area contributed by atoms with Crippen molar-refractivity contribution in [2.45, 2.75) is 6.61 Å². The summed E-state index contributed by atoms with van der Waals surface area (Å²) in [7, 11) is 1.56. The molecule has 1 heterocycles. The Morgan fingerprint density at radius 3 is 2.64 bits per heavy atom. The van der Waals surface area contributed by atoms with Gasteiger partial charge < -0.3 is 9.47 Å². The predicted octanol–water partition coefficient (Wildman–Crippen LogP) is 2.73. The lowest BCUT2D eigenvalue weighted by atomic mass is 10.1. The summed E-state index contributed by atoms with van der Waals surface area (Å²) in [4.78, 5) is 37.2. The van der Waals surface area contributed by atoms with Crippen molar-refractivity contribution in [3.63, 3.8) is 0 Å². The van der Waals surface area contributed by atoms with Crippen molar-refractivity contribution in [2.24, 2.45) is 0 Å². The fourth-order valence-electron chi connectivity index (χ4n) is 2.54. The van der Waals surface area contributed by atoms with Gasteiger partial charge in [0.05, 0.1) is 22.8 Å². The lowest BCUT2D eigenvalue weighted by Crippen LogP contribution is -2.35. The molecule has 0 saturated carbocycles. The first-order chi connectivity index (χ1) is 12.0. The summed E-state index contributed by atoms with van der Waals surface area (Å²) in [6.07, 6.45) is 0. The van der Waals surface area contributed by atoms with E-state index in [0.717, 1.165) is 14.9 Å². The van der Waals surface area contributed by atoms with Crippen molar-refractivity contribution in [1.82, 2.24) is 0 Å². The van der Waals surface area contributed by atoms with E-state index in [9.17, 15) is 14.4 Å². The Hall–Kier alpha value is -2.67. The first-order valence-corrected chi connectivity index (χ1v) is 8.24. The summed E-state index contributed by atoms with van der Waals surface area (Å²) in [5, 5.41) is 0. The molecule has 6 nitrogen and oxygen atoms in total. The second kappa shape index (κ2) is 7.06. The maximum absolute atomic E-state index is 12.1. The fourth-order valence-corrected chi connectivity index (χ4v) is 3.13. The number of fused-ring (bicyclic) bond motifs is 1. The van der Waals surface area contributed by atoms with Crippen LogP contribution < -0.4 is 9.64 Å². The van der Waals surface area contributed by atoms with Crippen molar-refractivity contribution in [3.8, 4) is 5.75 Å². The van der Waals surface area contributed by atoms with Crippen LogP contribution in [-0.2, 0) is 20.9 Å². The molecular formula is C18H14BrNO5. The number of ether oxygens (including phenoxy) is 2. The highest BCUT2D eigenvalue weighted by Crippen LogP contribution is 2.28. The van der Waals surface area contributed by atoms with Crippen LogP contribution in [0.3, 0.4) is 0 Å². The van der Waals surface area contributed by atoms with Crippen molar-refractivity contribution in [2.75, 3.05) is 18.6 Å². The standard InChI is InChI=1S/C18H14BrNO5/c1-24-15-7-6-11(8-13(15)19)10-25-16(21)9-20-14-5-3-2-4-12(14)17(22)18(20)23/h2-8H,9-10H2,1H3. The van der Waals surface area contributed by atoms with Crippen molar-refractivity contribution in [3.05, 3.63) is 58.1 Å². The molecule has 1 aliphatic rings. The Balaban J connectivity index is 1.64. The number of rotatable bonds is 5. The molecule has 2 aromatic rings. The average Bonchev–Trinajstić information content (AvgIpc) is 2.85. The third kappa shape index (κ3) is 3.41.